The standard InChI is InChI=1S/C30H30F3N3O3/c1-19-27-25-12-11-23(37)16-26(25)28(22-9-7-20(8-10-22)17-35-13-2-3-14-35)36(29(27)39-34-19)18-21-5-4-6-24(15-21)38-30(31,32)33/h4-12,15-16,27-29,37H,2-3,13-14,17-18H2,1H3/t27-,28-,29-/m1/s1. The van der Waals surface area contributed by atoms with E-state index in [1.165, 1.54) is 30.5 Å². The first-order valence-electron chi connectivity index (χ1n) is 13.2. The van der Waals surface area contributed by atoms with Gasteiger partial charge in [-0.25, -0.2) is 4.90 Å². The van der Waals surface area contributed by atoms with Crippen LogP contribution in [0.1, 0.15) is 59.5 Å². The second-order valence-electron chi connectivity index (χ2n) is 10.5. The molecule has 1 fully saturated rings. The minimum absolute atomic E-state index is 0.150. The molecule has 6 nitrogen and oxygen atoms in total. The van der Waals surface area contributed by atoms with Crippen molar-refractivity contribution in [1.29, 1.82) is 0 Å². The second-order valence-corrected chi connectivity index (χ2v) is 10.5. The topological polar surface area (TPSA) is 57.5 Å². The SMILES string of the molecule is CC1=NO[C@@H]2[C@H]1c1ccc(O)cc1[C@@H](c1ccc(CN3CCCC3)cc1)N2Cc1cccc(OC(F)(F)F)c1. The van der Waals surface area contributed by atoms with Crippen LogP contribution in [0.15, 0.2) is 71.9 Å². The van der Waals surface area contributed by atoms with Gasteiger partial charge in [0.1, 0.15) is 11.5 Å². The number of aromatic hydroxyl groups is 1. The van der Waals surface area contributed by atoms with Gasteiger partial charge in [0.25, 0.3) is 0 Å². The van der Waals surface area contributed by atoms with Crippen LogP contribution in [0.5, 0.6) is 11.5 Å². The van der Waals surface area contributed by atoms with E-state index in [0.29, 0.717) is 5.56 Å². The molecular formula is C30H30F3N3O3. The van der Waals surface area contributed by atoms with Gasteiger partial charge >= 0.3 is 6.36 Å². The first-order chi connectivity index (χ1) is 18.7. The van der Waals surface area contributed by atoms with Crippen LogP contribution in [0, 0.1) is 0 Å². The van der Waals surface area contributed by atoms with Gasteiger partial charge in [-0.3, -0.25) is 4.90 Å². The van der Waals surface area contributed by atoms with E-state index in [9.17, 15) is 18.3 Å². The van der Waals surface area contributed by atoms with Crippen molar-refractivity contribution in [3.8, 4) is 11.5 Å². The lowest BCUT2D eigenvalue weighted by molar-refractivity contribution is -0.274. The van der Waals surface area contributed by atoms with E-state index in [0.717, 1.165) is 42.0 Å². The largest absolute Gasteiger partial charge is 0.573 e. The summed E-state index contributed by atoms with van der Waals surface area (Å²) in [7, 11) is 0. The number of halogens is 3. The molecule has 0 amide bonds. The van der Waals surface area contributed by atoms with Crippen LogP contribution in [-0.4, -0.2) is 46.3 Å². The summed E-state index contributed by atoms with van der Waals surface area (Å²) in [4.78, 5) is 10.5. The number of fused-ring (bicyclic) bond motifs is 3. The zero-order valence-corrected chi connectivity index (χ0v) is 21.6. The van der Waals surface area contributed by atoms with Crippen molar-refractivity contribution in [1.82, 2.24) is 9.80 Å². The molecule has 204 valence electrons. The number of phenolic OH excluding ortho intramolecular Hbond substituents is 1. The number of benzene rings is 3. The first-order valence-corrected chi connectivity index (χ1v) is 13.2. The normalized spacial score (nSPS) is 23.2. The molecule has 3 aliphatic heterocycles. The van der Waals surface area contributed by atoms with Gasteiger partial charge < -0.3 is 14.7 Å². The summed E-state index contributed by atoms with van der Waals surface area (Å²) in [5.41, 5.74) is 5.62. The first kappa shape index (κ1) is 25.7. The summed E-state index contributed by atoms with van der Waals surface area (Å²) in [5.74, 6) is -0.285. The minimum atomic E-state index is -4.77. The van der Waals surface area contributed by atoms with E-state index in [1.807, 2.05) is 13.0 Å². The van der Waals surface area contributed by atoms with E-state index in [2.05, 4.69) is 44.0 Å². The number of rotatable bonds is 6. The van der Waals surface area contributed by atoms with Crippen LogP contribution in [-0.2, 0) is 17.9 Å². The zero-order chi connectivity index (χ0) is 27.1. The molecule has 3 atom stereocenters. The Morgan fingerprint density at radius 1 is 0.949 bits per heavy atom. The molecule has 1 N–H and O–H groups in total. The Morgan fingerprint density at radius 2 is 1.72 bits per heavy atom. The molecule has 3 heterocycles. The molecule has 0 spiro atoms. The lowest BCUT2D eigenvalue weighted by Crippen LogP contribution is -2.46. The Labute approximate surface area is 225 Å². The molecule has 3 aromatic rings. The third kappa shape index (κ3) is 5.33. The highest BCUT2D eigenvalue weighted by atomic mass is 19.4. The highest BCUT2D eigenvalue weighted by Gasteiger charge is 2.47. The highest BCUT2D eigenvalue weighted by Crippen LogP contribution is 2.48. The molecule has 0 unspecified atom stereocenters. The highest BCUT2D eigenvalue weighted by molar-refractivity contribution is 5.91. The monoisotopic (exact) mass is 537 g/mol. The predicted octanol–water partition coefficient (Wildman–Crippen LogP) is 6.31. The summed E-state index contributed by atoms with van der Waals surface area (Å²) in [6.07, 6.45) is -2.77. The maximum Gasteiger partial charge on any atom is 0.573 e. The molecule has 0 aromatic heterocycles. The number of ether oxygens (including phenoxy) is 1. The van der Waals surface area contributed by atoms with Gasteiger partial charge in [-0.05, 0) is 84.9 Å². The summed E-state index contributed by atoms with van der Waals surface area (Å²) in [6.45, 7) is 5.32. The lowest BCUT2D eigenvalue weighted by Gasteiger charge is -2.43. The van der Waals surface area contributed by atoms with E-state index in [1.54, 1.807) is 24.3 Å². The molecule has 0 radical (unpaired) electrons. The van der Waals surface area contributed by atoms with Crippen molar-refractivity contribution in [2.75, 3.05) is 13.1 Å². The summed E-state index contributed by atoms with van der Waals surface area (Å²) < 4.78 is 42.9. The quantitative estimate of drug-likeness (QED) is 0.400. The molecular weight excluding hydrogens is 507 g/mol. The van der Waals surface area contributed by atoms with E-state index >= 15 is 0 Å². The Hall–Kier alpha value is -3.56. The molecule has 3 aliphatic rings. The van der Waals surface area contributed by atoms with Gasteiger partial charge in [0.2, 0.25) is 0 Å². The van der Waals surface area contributed by atoms with Crippen LogP contribution in [0.3, 0.4) is 0 Å². The zero-order valence-electron chi connectivity index (χ0n) is 21.6. The number of hydrogen-bond acceptors (Lipinski definition) is 6. The van der Waals surface area contributed by atoms with Gasteiger partial charge in [-0.2, -0.15) is 0 Å². The number of likely N-dealkylation sites (tertiary alicyclic amines) is 1. The molecule has 0 bridgehead atoms. The molecule has 1 saturated heterocycles. The summed E-state index contributed by atoms with van der Waals surface area (Å²) >= 11 is 0. The fourth-order valence-electron chi connectivity index (χ4n) is 6.11. The fraction of sp³-hybridized carbons (Fsp3) is 0.367. The van der Waals surface area contributed by atoms with Crippen molar-refractivity contribution < 1.29 is 27.9 Å². The molecule has 6 rings (SSSR count). The molecule has 9 heteroatoms. The summed E-state index contributed by atoms with van der Waals surface area (Å²) in [5, 5.41) is 14.8. The van der Waals surface area contributed by atoms with Crippen molar-refractivity contribution in [2.45, 2.75) is 57.4 Å². The van der Waals surface area contributed by atoms with Gasteiger partial charge in [-0.15, -0.1) is 13.2 Å². The second kappa shape index (κ2) is 10.2. The maximum atomic E-state index is 12.9. The van der Waals surface area contributed by atoms with E-state index in [-0.39, 0.29) is 30.0 Å². The van der Waals surface area contributed by atoms with Crippen LogP contribution < -0.4 is 4.74 Å². The Morgan fingerprint density at radius 3 is 2.46 bits per heavy atom. The van der Waals surface area contributed by atoms with Crippen LogP contribution in [0.2, 0.25) is 0 Å². The number of alkyl halides is 3. The van der Waals surface area contributed by atoms with Crippen LogP contribution >= 0.6 is 0 Å². The Balaban J connectivity index is 1.38. The van der Waals surface area contributed by atoms with E-state index < -0.39 is 12.6 Å². The Bertz CT molecular complexity index is 1370. The molecule has 0 aliphatic carbocycles. The Kier molecular flexibility index (Phi) is 6.72. The number of nitrogens with zero attached hydrogens (tertiary/aromatic N) is 3. The van der Waals surface area contributed by atoms with Gasteiger partial charge in [0, 0.05) is 13.1 Å². The molecule has 39 heavy (non-hydrogen) atoms. The van der Waals surface area contributed by atoms with Crippen LogP contribution in [0.25, 0.3) is 0 Å². The van der Waals surface area contributed by atoms with Crippen molar-refractivity contribution in [2.24, 2.45) is 5.16 Å². The van der Waals surface area contributed by atoms with Gasteiger partial charge in [0.15, 0.2) is 6.23 Å². The molecule has 3 aromatic carbocycles. The van der Waals surface area contributed by atoms with Gasteiger partial charge in [0.05, 0.1) is 17.7 Å². The number of oxime groups is 1. The predicted molar refractivity (Wildman–Crippen MR) is 140 cm³/mol. The average molecular weight is 538 g/mol. The van der Waals surface area contributed by atoms with E-state index in [4.69, 9.17) is 4.84 Å². The average Bonchev–Trinajstić information content (AvgIpc) is 3.54. The van der Waals surface area contributed by atoms with Crippen molar-refractivity contribution in [3.63, 3.8) is 0 Å². The van der Waals surface area contributed by atoms with Gasteiger partial charge in [-0.1, -0.05) is 47.6 Å². The van der Waals surface area contributed by atoms with Crippen LogP contribution in [0.4, 0.5) is 13.2 Å². The summed E-state index contributed by atoms with van der Waals surface area (Å²) in [6, 6.07) is 19.5. The number of phenols is 1. The molecule has 0 saturated carbocycles. The minimum Gasteiger partial charge on any atom is -0.508 e. The third-order valence-corrected chi connectivity index (χ3v) is 7.80. The number of hydrogen-bond donors (Lipinski definition) is 1. The van der Waals surface area contributed by atoms with Crippen molar-refractivity contribution in [3.05, 3.63) is 94.5 Å². The van der Waals surface area contributed by atoms with Crippen molar-refractivity contribution >= 4 is 5.71 Å². The lowest BCUT2D eigenvalue weighted by atomic mass is 9.79. The smallest absolute Gasteiger partial charge is 0.508 e. The maximum absolute atomic E-state index is 12.9. The fourth-order valence-corrected chi connectivity index (χ4v) is 6.11. The third-order valence-electron chi connectivity index (χ3n) is 7.80.